The Morgan fingerprint density at radius 2 is 1.77 bits per heavy atom. The van der Waals surface area contributed by atoms with E-state index in [4.69, 9.17) is 5.73 Å². The molecule has 0 bridgehead atoms. The highest BCUT2D eigenvalue weighted by Crippen LogP contribution is 2.44. The van der Waals surface area contributed by atoms with Crippen molar-refractivity contribution in [3.05, 3.63) is 11.8 Å². The van der Waals surface area contributed by atoms with Gasteiger partial charge in [-0.2, -0.15) is 22.0 Å². The molecule has 1 aromatic heterocycles. The molecule has 1 rings (SSSR count). The maximum atomic E-state index is 12.4. The van der Waals surface area contributed by atoms with Crippen LogP contribution in [0.25, 0.3) is 0 Å². The predicted molar refractivity (Wildman–Crippen MR) is 30.9 cm³/mol. The number of halogens is 5. The first-order chi connectivity index (χ1) is 5.75. The highest BCUT2D eigenvalue weighted by molar-refractivity contribution is 5.28. The molecular formula is C5H3F5N2O. The van der Waals surface area contributed by atoms with E-state index in [1.54, 1.807) is 0 Å². The Kier molecular flexibility index (Phi) is 1.93. The predicted octanol–water partition coefficient (Wildman–Crippen LogP) is 1.91. The lowest BCUT2D eigenvalue weighted by molar-refractivity contribution is -0.296. The number of anilines is 1. The summed E-state index contributed by atoms with van der Waals surface area (Å²) in [7, 11) is 0. The van der Waals surface area contributed by atoms with Crippen molar-refractivity contribution in [1.29, 1.82) is 0 Å². The van der Waals surface area contributed by atoms with Crippen molar-refractivity contribution in [2.75, 3.05) is 5.73 Å². The number of alkyl halides is 5. The monoisotopic (exact) mass is 202 g/mol. The second-order valence-electron chi connectivity index (χ2n) is 2.19. The van der Waals surface area contributed by atoms with Gasteiger partial charge in [0.2, 0.25) is 5.76 Å². The van der Waals surface area contributed by atoms with Crippen molar-refractivity contribution in [1.82, 2.24) is 5.16 Å². The number of rotatable bonds is 1. The lowest BCUT2D eigenvalue weighted by atomic mass is 10.2. The van der Waals surface area contributed by atoms with Crippen LogP contribution in [0.4, 0.5) is 27.8 Å². The number of hydrogen-bond donors (Lipinski definition) is 1. The van der Waals surface area contributed by atoms with Crippen molar-refractivity contribution < 1.29 is 26.5 Å². The largest absolute Gasteiger partial charge is 0.461 e. The molecule has 0 atom stereocenters. The molecule has 74 valence electrons. The van der Waals surface area contributed by atoms with Gasteiger partial charge < -0.3 is 10.3 Å². The third-order valence-corrected chi connectivity index (χ3v) is 1.19. The van der Waals surface area contributed by atoms with Gasteiger partial charge >= 0.3 is 12.1 Å². The molecule has 0 aliphatic heterocycles. The number of hydrogen-bond acceptors (Lipinski definition) is 3. The smallest absolute Gasteiger partial charge is 0.381 e. The van der Waals surface area contributed by atoms with E-state index in [9.17, 15) is 22.0 Å². The number of nitrogens with two attached hydrogens (primary N) is 1. The maximum Gasteiger partial charge on any atom is 0.461 e. The van der Waals surface area contributed by atoms with Crippen LogP contribution in [0.2, 0.25) is 0 Å². The molecule has 0 radical (unpaired) electrons. The highest BCUT2D eigenvalue weighted by atomic mass is 19.4. The number of nitrogens with zero attached hydrogens (tertiary/aromatic N) is 1. The van der Waals surface area contributed by atoms with E-state index in [2.05, 4.69) is 9.68 Å². The Morgan fingerprint density at radius 3 is 2.08 bits per heavy atom. The van der Waals surface area contributed by atoms with Crippen LogP contribution in [-0.2, 0) is 5.92 Å². The van der Waals surface area contributed by atoms with Crippen molar-refractivity contribution >= 4 is 5.82 Å². The van der Waals surface area contributed by atoms with Crippen LogP contribution < -0.4 is 5.73 Å². The summed E-state index contributed by atoms with van der Waals surface area (Å²) in [5, 5.41) is 2.72. The van der Waals surface area contributed by atoms with Crippen LogP contribution >= 0.6 is 0 Å². The van der Waals surface area contributed by atoms with Gasteiger partial charge in [0.1, 0.15) is 0 Å². The van der Waals surface area contributed by atoms with Gasteiger partial charge in [0, 0.05) is 6.07 Å². The van der Waals surface area contributed by atoms with Gasteiger partial charge in [0.15, 0.2) is 5.82 Å². The van der Waals surface area contributed by atoms with E-state index in [1.165, 1.54) is 0 Å². The maximum absolute atomic E-state index is 12.4. The molecular weight excluding hydrogens is 199 g/mol. The number of aromatic nitrogens is 1. The fourth-order valence-corrected chi connectivity index (χ4v) is 0.577. The number of nitrogen functional groups attached to an aromatic ring is 1. The van der Waals surface area contributed by atoms with E-state index in [0.717, 1.165) is 0 Å². The molecule has 2 N–H and O–H groups in total. The van der Waals surface area contributed by atoms with Crippen LogP contribution in [0, 0.1) is 0 Å². The van der Waals surface area contributed by atoms with Crippen LogP contribution in [0.5, 0.6) is 0 Å². The van der Waals surface area contributed by atoms with Gasteiger partial charge in [0.05, 0.1) is 0 Å². The lowest BCUT2D eigenvalue weighted by Crippen LogP contribution is -2.33. The summed E-state index contributed by atoms with van der Waals surface area (Å²) < 4.78 is 63.4. The molecule has 0 aliphatic rings. The first kappa shape index (κ1) is 9.75. The molecule has 0 aliphatic carbocycles. The van der Waals surface area contributed by atoms with Gasteiger partial charge in [-0.3, -0.25) is 0 Å². The summed E-state index contributed by atoms with van der Waals surface area (Å²) >= 11 is 0. The molecule has 0 fully saturated rings. The van der Waals surface area contributed by atoms with E-state index >= 15 is 0 Å². The van der Waals surface area contributed by atoms with Crippen molar-refractivity contribution in [2.45, 2.75) is 12.1 Å². The first-order valence-electron chi connectivity index (χ1n) is 2.92. The molecule has 0 saturated carbocycles. The fraction of sp³-hybridized carbons (Fsp3) is 0.400. The average Bonchev–Trinajstić information content (AvgIpc) is 2.33. The zero-order valence-corrected chi connectivity index (χ0v) is 5.90. The van der Waals surface area contributed by atoms with Gasteiger partial charge in [-0.1, -0.05) is 5.16 Å². The summed E-state index contributed by atoms with van der Waals surface area (Å²) in [5.74, 6) is -7.20. The second-order valence-corrected chi connectivity index (χ2v) is 2.19. The Balaban J connectivity index is 3.07. The summed E-state index contributed by atoms with van der Waals surface area (Å²) in [6.07, 6.45) is -5.71. The Morgan fingerprint density at radius 1 is 1.23 bits per heavy atom. The normalized spacial score (nSPS) is 13.3. The van der Waals surface area contributed by atoms with Crippen molar-refractivity contribution in [2.24, 2.45) is 0 Å². The van der Waals surface area contributed by atoms with Crippen LogP contribution in [0.1, 0.15) is 5.76 Å². The quantitative estimate of drug-likeness (QED) is 0.707. The minimum Gasteiger partial charge on any atom is -0.381 e. The molecule has 0 spiro atoms. The van der Waals surface area contributed by atoms with Gasteiger partial charge in [-0.25, -0.2) is 0 Å². The fourth-order valence-electron chi connectivity index (χ4n) is 0.577. The first-order valence-corrected chi connectivity index (χ1v) is 2.92. The Bertz CT molecular complexity index is 304. The third kappa shape index (κ3) is 1.56. The summed E-state index contributed by atoms with van der Waals surface area (Å²) in [6.45, 7) is 0. The summed E-state index contributed by atoms with van der Waals surface area (Å²) in [4.78, 5) is 0. The zero-order chi connectivity index (χ0) is 10.3. The molecule has 0 amide bonds. The van der Waals surface area contributed by atoms with Crippen LogP contribution in [0.15, 0.2) is 10.6 Å². The molecule has 13 heavy (non-hydrogen) atoms. The Labute approximate surface area is 68.3 Å². The minimum atomic E-state index is -5.71. The third-order valence-electron chi connectivity index (χ3n) is 1.19. The standard InChI is InChI=1S/C5H3F5N2O/c6-4(7,5(8,9)10)2-1-3(11)12-13-2/h1H,(H2,11,12). The summed E-state index contributed by atoms with van der Waals surface area (Å²) in [6, 6.07) is 0.327. The van der Waals surface area contributed by atoms with Crippen molar-refractivity contribution in [3.63, 3.8) is 0 Å². The van der Waals surface area contributed by atoms with Crippen LogP contribution in [0.3, 0.4) is 0 Å². The Hall–Kier alpha value is -1.34. The molecule has 0 saturated heterocycles. The van der Waals surface area contributed by atoms with E-state index in [0.29, 0.717) is 6.07 Å². The molecule has 0 aromatic carbocycles. The SMILES string of the molecule is Nc1cc(C(F)(F)C(F)(F)F)on1. The van der Waals surface area contributed by atoms with Gasteiger partial charge in [-0.05, 0) is 0 Å². The van der Waals surface area contributed by atoms with E-state index in [1.807, 2.05) is 0 Å². The molecule has 0 unspecified atom stereocenters. The van der Waals surface area contributed by atoms with E-state index < -0.39 is 23.7 Å². The summed E-state index contributed by atoms with van der Waals surface area (Å²) in [5.41, 5.74) is 4.81. The van der Waals surface area contributed by atoms with Crippen LogP contribution in [-0.4, -0.2) is 11.3 Å². The van der Waals surface area contributed by atoms with Gasteiger partial charge in [-0.15, -0.1) is 0 Å². The molecule has 1 heterocycles. The molecule has 1 aromatic rings. The van der Waals surface area contributed by atoms with Crippen molar-refractivity contribution in [3.8, 4) is 0 Å². The van der Waals surface area contributed by atoms with E-state index in [-0.39, 0.29) is 0 Å². The molecule has 3 nitrogen and oxygen atoms in total. The average molecular weight is 202 g/mol. The lowest BCUT2D eigenvalue weighted by Gasteiger charge is -2.15. The van der Waals surface area contributed by atoms with Gasteiger partial charge in [0.25, 0.3) is 0 Å². The molecule has 8 heteroatoms. The second kappa shape index (κ2) is 2.57. The minimum absolute atomic E-state index is 0.327. The zero-order valence-electron chi connectivity index (χ0n) is 5.90. The highest BCUT2D eigenvalue weighted by Gasteiger charge is 2.61. The topological polar surface area (TPSA) is 52.0 Å².